The number of anilines is 1. The van der Waals surface area contributed by atoms with Gasteiger partial charge in [-0.25, -0.2) is 0 Å². The third-order valence-corrected chi connectivity index (χ3v) is 9.01. The van der Waals surface area contributed by atoms with Gasteiger partial charge in [0.25, 0.3) is 0 Å². The Morgan fingerprint density at radius 1 is 0.938 bits per heavy atom. The molecule has 0 spiro atoms. The van der Waals surface area contributed by atoms with E-state index in [2.05, 4.69) is 122 Å². The zero-order valence-corrected chi connectivity index (χ0v) is 21.6. The summed E-state index contributed by atoms with van der Waals surface area (Å²) in [5.41, 5.74) is 7.42. The Hall–Kier alpha value is -2.38. The molecule has 2 aromatic heterocycles. The Morgan fingerprint density at radius 2 is 1.62 bits per heavy atom. The molecule has 2 heterocycles. The van der Waals surface area contributed by atoms with Crippen LogP contribution in [0.5, 0.6) is 0 Å². The molecule has 32 heavy (non-hydrogen) atoms. The van der Waals surface area contributed by atoms with E-state index in [-0.39, 0.29) is 0 Å². The van der Waals surface area contributed by atoms with E-state index in [0.717, 1.165) is 16.2 Å². The van der Waals surface area contributed by atoms with Gasteiger partial charge in [-0.1, -0.05) is 0 Å². The van der Waals surface area contributed by atoms with Gasteiger partial charge in [-0.15, -0.1) is 0 Å². The molecule has 0 bridgehead atoms. The van der Waals surface area contributed by atoms with Crippen molar-refractivity contribution in [2.75, 3.05) is 19.0 Å². The van der Waals surface area contributed by atoms with Gasteiger partial charge in [0.15, 0.2) is 0 Å². The second-order valence-corrected chi connectivity index (χ2v) is 12.5. The molecule has 5 heteroatoms. The van der Waals surface area contributed by atoms with E-state index in [0.29, 0.717) is 0 Å². The number of aryl methyl sites for hydroxylation is 3. The molecule has 173 valence electrons. The summed E-state index contributed by atoms with van der Waals surface area (Å²) < 4.78 is 5.87. The summed E-state index contributed by atoms with van der Waals surface area (Å²) in [5, 5.41) is 0. The number of benzene rings is 2. The van der Waals surface area contributed by atoms with Crippen LogP contribution in [-0.2, 0) is 15.3 Å². The average molecular weight is 538 g/mol. The molecule has 0 saturated heterocycles. The first-order chi connectivity index (χ1) is 15.4. The Bertz CT molecular complexity index is 1340. The molecule has 2 aromatic carbocycles. The van der Waals surface area contributed by atoms with E-state index in [1.54, 1.807) is 0 Å². The molecule has 0 fully saturated rings. The molecule has 0 saturated carbocycles. The maximum atomic E-state index is 7.27. The number of hydrogen-bond acceptors (Lipinski definition) is 1. The molecule has 3 nitrogen and oxygen atoms in total. The molecule has 0 radical (unpaired) electrons. The van der Waals surface area contributed by atoms with Crippen molar-refractivity contribution in [1.82, 2.24) is 8.97 Å². The van der Waals surface area contributed by atoms with Crippen LogP contribution in [0.25, 0.3) is 17.3 Å². The van der Waals surface area contributed by atoms with Gasteiger partial charge in [0.1, 0.15) is 0 Å². The number of rotatable bonds is 5. The fraction of sp³-hybridized carbons (Fsp3) is 0.222. The molecule has 4 aromatic rings. The molecule has 0 N–H and O–H groups in total. The first-order valence-electron chi connectivity index (χ1n) is 10.6. The topological polar surface area (TPSA) is 12.6 Å². The van der Waals surface area contributed by atoms with Crippen molar-refractivity contribution < 1.29 is 15.3 Å². The average Bonchev–Trinajstić information content (AvgIpc) is 3.12. The van der Waals surface area contributed by atoms with Crippen LogP contribution in [-0.4, -0.2) is 23.1 Å². The molecule has 0 unspecified atom stereocenters. The minimum absolute atomic E-state index is 0.847. The van der Waals surface area contributed by atoms with E-state index in [1.807, 2.05) is 6.07 Å². The SMILES string of the molecule is Cc1cc(C)c(-n2cc3cccc(N(C)C)n3[c]2=[Pd-3]([Cl])[CH2]C=Cc2ccccc2)c(C)c1. The molecule has 0 aliphatic rings. The third-order valence-electron chi connectivity index (χ3n) is 5.40. The summed E-state index contributed by atoms with van der Waals surface area (Å²) in [6.07, 6.45) is 6.64. The second kappa shape index (κ2) is 9.63. The summed E-state index contributed by atoms with van der Waals surface area (Å²) >= 11 is -1.59. The van der Waals surface area contributed by atoms with Crippen molar-refractivity contribution in [2.24, 2.45) is 0 Å². The van der Waals surface area contributed by atoms with Crippen molar-refractivity contribution in [2.45, 2.75) is 25.7 Å². The van der Waals surface area contributed by atoms with Crippen LogP contribution in [0.2, 0.25) is 4.89 Å². The Kier molecular flexibility index (Phi) is 6.86. The van der Waals surface area contributed by atoms with Gasteiger partial charge < -0.3 is 0 Å². The van der Waals surface area contributed by atoms with E-state index in [9.17, 15) is 0 Å². The molecule has 0 aliphatic heterocycles. The van der Waals surface area contributed by atoms with Crippen molar-refractivity contribution in [3.63, 3.8) is 0 Å². The summed E-state index contributed by atoms with van der Waals surface area (Å²) in [6.45, 7) is 6.54. The van der Waals surface area contributed by atoms with Gasteiger partial charge in [0.05, 0.1) is 0 Å². The van der Waals surface area contributed by atoms with Crippen molar-refractivity contribution in [3.05, 3.63) is 99.1 Å². The minimum atomic E-state index is -1.59. The first kappa shape index (κ1) is 22.8. The van der Waals surface area contributed by atoms with Crippen LogP contribution < -0.4 is 4.90 Å². The summed E-state index contributed by atoms with van der Waals surface area (Å²) in [7, 11) is 11.4. The van der Waals surface area contributed by atoms with Crippen LogP contribution in [0.1, 0.15) is 22.3 Å². The first-order valence-corrected chi connectivity index (χ1v) is 14.5. The molecule has 4 rings (SSSR count). The molecule has 0 amide bonds. The van der Waals surface area contributed by atoms with Gasteiger partial charge in [-0.3, -0.25) is 0 Å². The molecule has 0 aliphatic carbocycles. The van der Waals surface area contributed by atoms with E-state index >= 15 is 0 Å². The predicted molar refractivity (Wildman–Crippen MR) is 135 cm³/mol. The second-order valence-electron chi connectivity index (χ2n) is 8.22. The normalized spacial score (nSPS) is 13.7. The van der Waals surface area contributed by atoms with Gasteiger partial charge in [0.2, 0.25) is 0 Å². The number of halogens is 1. The number of pyridine rings is 1. The number of nitrogens with zero attached hydrogens (tertiary/aromatic N) is 3. The van der Waals surface area contributed by atoms with E-state index in [1.165, 1.54) is 31.8 Å². The Morgan fingerprint density at radius 3 is 2.28 bits per heavy atom. The zero-order valence-electron chi connectivity index (χ0n) is 19.2. The Labute approximate surface area is 200 Å². The van der Waals surface area contributed by atoms with Crippen molar-refractivity contribution in [3.8, 4) is 5.69 Å². The van der Waals surface area contributed by atoms with Crippen LogP contribution in [0.15, 0.2) is 72.9 Å². The van der Waals surface area contributed by atoms with E-state index in [4.69, 9.17) is 9.53 Å². The van der Waals surface area contributed by atoms with Gasteiger partial charge in [-0.05, 0) is 0 Å². The Balaban J connectivity index is 1.98. The van der Waals surface area contributed by atoms with Gasteiger partial charge >= 0.3 is 201 Å². The zero-order chi connectivity index (χ0) is 22.8. The van der Waals surface area contributed by atoms with Crippen LogP contribution in [0.3, 0.4) is 0 Å². The maximum absolute atomic E-state index is 7.27. The fourth-order valence-corrected chi connectivity index (χ4v) is 7.38. The predicted octanol–water partition coefficient (Wildman–Crippen LogP) is 7.16. The summed E-state index contributed by atoms with van der Waals surface area (Å²) in [4.78, 5) is 3.00. The number of aromatic nitrogens is 2. The third kappa shape index (κ3) is 4.55. The molecular formula is C27H30ClN3Pd-3. The van der Waals surface area contributed by atoms with Crippen molar-refractivity contribution >= 4 is 26.9 Å². The number of imidazole rings is 1. The fourth-order valence-electron chi connectivity index (χ4n) is 4.16. The van der Waals surface area contributed by atoms with Crippen LogP contribution in [0, 0.1) is 24.7 Å². The number of allylic oxidation sites excluding steroid dienone is 1. The number of hydrogen-bond donors (Lipinski definition) is 0. The van der Waals surface area contributed by atoms with Crippen LogP contribution in [0.4, 0.5) is 5.82 Å². The quantitative estimate of drug-likeness (QED) is 0.246. The molecular weight excluding hydrogens is 508 g/mol. The standard InChI is InChI=1S/C18H21N3.C9H9.ClH.Pd/c1-13-9-14(2)18(15(3)10-13)20-11-16-7-6-8-17(19(4)5)21(16)12-20;1-2-6-9-7-4-3-5-8-9;;/h6-11H,1-5H3;2-8H,1H2;1H;/q;;;-2/p-1. The van der Waals surface area contributed by atoms with Crippen molar-refractivity contribution in [1.29, 1.82) is 0 Å². The van der Waals surface area contributed by atoms with Gasteiger partial charge in [0, 0.05) is 0 Å². The monoisotopic (exact) mass is 537 g/mol. The molecule has 0 atom stereocenters. The summed E-state index contributed by atoms with van der Waals surface area (Å²) in [6, 6.07) is 21.4. The number of fused-ring (bicyclic) bond motifs is 1. The summed E-state index contributed by atoms with van der Waals surface area (Å²) in [5.74, 6) is 1.14. The van der Waals surface area contributed by atoms with E-state index < -0.39 is 15.3 Å². The van der Waals surface area contributed by atoms with Gasteiger partial charge in [-0.2, -0.15) is 0 Å². The van der Waals surface area contributed by atoms with Crippen LogP contribution >= 0.6 is 9.53 Å².